The number of aryl methyl sites for hydroxylation is 1. The standard InChI is InChI=1S/C23H25N3O2/c1-3-28-19-10-8-18(9-11-19)23(27)26-14-12-25(13-15-26)22-16-17(2)20-6-4-5-7-21(20)24-22/h4-11,16H,3,12-15H2,1-2H3. The molecule has 1 fully saturated rings. The molecular weight excluding hydrogens is 350 g/mol. The van der Waals surface area contributed by atoms with Gasteiger partial charge in [0.1, 0.15) is 11.6 Å². The van der Waals surface area contributed by atoms with Gasteiger partial charge >= 0.3 is 0 Å². The van der Waals surface area contributed by atoms with Gasteiger partial charge in [0.05, 0.1) is 12.1 Å². The number of fused-ring (bicyclic) bond motifs is 1. The molecule has 0 radical (unpaired) electrons. The van der Waals surface area contributed by atoms with Crippen LogP contribution in [0.4, 0.5) is 5.82 Å². The zero-order chi connectivity index (χ0) is 19.5. The van der Waals surface area contributed by atoms with E-state index in [0.29, 0.717) is 25.3 Å². The summed E-state index contributed by atoms with van der Waals surface area (Å²) in [6.07, 6.45) is 0. The summed E-state index contributed by atoms with van der Waals surface area (Å²) < 4.78 is 5.45. The van der Waals surface area contributed by atoms with Crippen molar-refractivity contribution in [1.29, 1.82) is 0 Å². The fraction of sp³-hybridized carbons (Fsp3) is 0.304. The summed E-state index contributed by atoms with van der Waals surface area (Å²) >= 11 is 0. The van der Waals surface area contributed by atoms with Crippen LogP contribution in [0.25, 0.3) is 10.9 Å². The van der Waals surface area contributed by atoms with Crippen LogP contribution >= 0.6 is 0 Å². The fourth-order valence-electron chi connectivity index (χ4n) is 3.68. The highest BCUT2D eigenvalue weighted by Crippen LogP contribution is 2.23. The fourth-order valence-corrected chi connectivity index (χ4v) is 3.68. The number of amides is 1. The summed E-state index contributed by atoms with van der Waals surface area (Å²) in [6, 6.07) is 17.8. The molecule has 1 aliphatic heterocycles. The number of carbonyl (C=O) groups excluding carboxylic acids is 1. The number of anilines is 1. The van der Waals surface area contributed by atoms with Gasteiger partial charge in [0.25, 0.3) is 5.91 Å². The largest absolute Gasteiger partial charge is 0.494 e. The Morgan fingerprint density at radius 1 is 1.04 bits per heavy atom. The third kappa shape index (κ3) is 3.65. The second kappa shape index (κ2) is 7.89. The van der Waals surface area contributed by atoms with Crippen LogP contribution in [0.5, 0.6) is 5.75 Å². The minimum Gasteiger partial charge on any atom is -0.494 e. The van der Waals surface area contributed by atoms with E-state index in [1.54, 1.807) is 0 Å². The summed E-state index contributed by atoms with van der Waals surface area (Å²) in [4.78, 5) is 21.8. The molecule has 1 saturated heterocycles. The van der Waals surface area contributed by atoms with Gasteiger partial charge in [0, 0.05) is 37.1 Å². The van der Waals surface area contributed by atoms with E-state index in [9.17, 15) is 4.79 Å². The first-order valence-electron chi connectivity index (χ1n) is 9.79. The number of aromatic nitrogens is 1. The Morgan fingerprint density at radius 3 is 2.46 bits per heavy atom. The molecule has 3 aromatic rings. The van der Waals surface area contributed by atoms with Crippen LogP contribution < -0.4 is 9.64 Å². The SMILES string of the molecule is CCOc1ccc(C(=O)N2CCN(c3cc(C)c4ccccc4n3)CC2)cc1. The first-order valence-corrected chi connectivity index (χ1v) is 9.79. The second-order valence-corrected chi connectivity index (χ2v) is 7.05. The molecule has 0 saturated carbocycles. The summed E-state index contributed by atoms with van der Waals surface area (Å²) in [5.74, 6) is 1.86. The molecular formula is C23H25N3O2. The zero-order valence-corrected chi connectivity index (χ0v) is 16.4. The van der Waals surface area contributed by atoms with E-state index in [-0.39, 0.29) is 5.91 Å². The minimum atomic E-state index is 0.0744. The number of piperazine rings is 1. The van der Waals surface area contributed by atoms with E-state index in [2.05, 4.69) is 30.0 Å². The molecule has 1 amide bonds. The van der Waals surface area contributed by atoms with Gasteiger partial charge in [-0.15, -0.1) is 0 Å². The lowest BCUT2D eigenvalue weighted by molar-refractivity contribution is 0.0746. The quantitative estimate of drug-likeness (QED) is 0.694. The van der Waals surface area contributed by atoms with E-state index in [1.807, 2.05) is 48.2 Å². The minimum absolute atomic E-state index is 0.0744. The summed E-state index contributed by atoms with van der Waals surface area (Å²) in [6.45, 7) is 7.65. The first kappa shape index (κ1) is 18.3. The first-order chi connectivity index (χ1) is 13.7. The van der Waals surface area contributed by atoms with Crippen molar-refractivity contribution < 1.29 is 9.53 Å². The third-order valence-corrected chi connectivity index (χ3v) is 5.21. The lowest BCUT2D eigenvalue weighted by Gasteiger charge is -2.35. The maximum Gasteiger partial charge on any atom is 0.253 e. The van der Waals surface area contributed by atoms with Crippen LogP contribution in [0.15, 0.2) is 54.6 Å². The molecule has 28 heavy (non-hydrogen) atoms. The summed E-state index contributed by atoms with van der Waals surface area (Å²) in [5.41, 5.74) is 2.95. The number of pyridine rings is 1. The molecule has 1 aliphatic rings. The zero-order valence-electron chi connectivity index (χ0n) is 16.4. The Kier molecular flexibility index (Phi) is 5.15. The lowest BCUT2D eigenvalue weighted by Crippen LogP contribution is -2.49. The normalized spacial score (nSPS) is 14.4. The van der Waals surface area contributed by atoms with E-state index in [1.165, 1.54) is 10.9 Å². The lowest BCUT2D eigenvalue weighted by atomic mass is 10.1. The van der Waals surface area contributed by atoms with Gasteiger partial charge in [0.15, 0.2) is 0 Å². The second-order valence-electron chi connectivity index (χ2n) is 7.05. The van der Waals surface area contributed by atoms with Gasteiger partial charge in [-0.25, -0.2) is 4.98 Å². The van der Waals surface area contributed by atoms with Crippen molar-refractivity contribution in [2.45, 2.75) is 13.8 Å². The highest BCUT2D eigenvalue weighted by atomic mass is 16.5. The third-order valence-electron chi connectivity index (χ3n) is 5.21. The molecule has 0 atom stereocenters. The highest BCUT2D eigenvalue weighted by molar-refractivity contribution is 5.94. The van der Waals surface area contributed by atoms with E-state index < -0.39 is 0 Å². The van der Waals surface area contributed by atoms with E-state index >= 15 is 0 Å². The maximum absolute atomic E-state index is 12.8. The molecule has 5 nitrogen and oxygen atoms in total. The van der Waals surface area contributed by atoms with Crippen LogP contribution in [-0.2, 0) is 0 Å². The molecule has 0 N–H and O–H groups in total. The van der Waals surface area contributed by atoms with Crippen LogP contribution in [0.2, 0.25) is 0 Å². The number of para-hydroxylation sites is 1. The molecule has 0 unspecified atom stereocenters. The summed E-state index contributed by atoms with van der Waals surface area (Å²) in [7, 11) is 0. The molecule has 0 bridgehead atoms. The van der Waals surface area contributed by atoms with Crippen molar-refractivity contribution in [3.8, 4) is 5.75 Å². The molecule has 0 spiro atoms. The Morgan fingerprint density at radius 2 is 1.75 bits per heavy atom. The average Bonchev–Trinajstić information content (AvgIpc) is 2.74. The van der Waals surface area contributed by atoms with Gasteiger partial charge in [-0.3, -0.25) is 4.79 Å². The number of nitrogens with zero attached hydrogens (tertiary/aromatic N) is 3. The smallest absolute Gasteiger partial charge is 0.253 e. The van der Waals surface area contributed by atoms with Gasteiger partial charge in [-0.2, -0.15) is 0 Å². The number of hydrogen-bond donors (Lipinski definition) is 0. The van der Waals surface area contributed by atoms with Crippen LogP contribution in [0.1, 0.15) is 22.8 Å². The van der Waals surface area contributed by atoms with Crippen LogP contribution in [0.3, 0.4) is 0 Å². The van der Waals surface area contributed by atoms with Gasteiger partial charge < -0.3 is 14.5 Å². The number of carbonyl (C=O) groups is 1. The molecule has 144 valence electrons. The Bertz CT molecular complexity index is 977. The molecule has 5 heteroatoms. The number of hydrogen-bond acceptors (Lipinski definition) is 4. The van der Waals surface area contributed by atoms with Crippen molar-refractivity contribution in [3.05, 3.63) is 65.7 Å². The maximum atomic E-state index is 12.8. The molecule has 2 aromatic carbocycles. The van der Waals surface area contributed by atoms with Crippen molar-refractivity contribution in [2.24, 2.45) is 0 Å². The molecule has 0 aliphatic carbocycles. The number of benzene rings is 2. The van der Waals surface area contributed by atoms with Crippen molar-refractivity contribution >= 4 is 22.6 Å². The number of rotatable bonds is 4. The highest BCUT2D eigenvalue weighted by Gasteiger charge is 2.23. The van der Waals surface area contributed by atoms with Crippen LogP contribution in [0, 0.1) is 6.92 Å². The number of ether oxygens (including phenoxy) is 1. The Labute approximate surface area is 165 Å². The van der Waals surface area contributed by atoms with Crippen molar-refractivity contribution in [2.75, 3.05) is 37.7 Å². The predicted octanol–water partition coefficient (Wildman–Crippen LogP) is 3.90. The van der Waals surface area contributed by atoms with E-state index in [0.717, 1.165) is 30.2 Å². The molecule has 4 rings (SSSR count). The monoisotopic (exact) mass is 375 g/mol. The Hall–Kier alpha value is -3.08. The predicted molar refractivity (Wildman–Crippen MR) is 112 cm³/mol. The van der Waals surface area contributed by atoms with Gasteiger partial charge in [-0.1, -0.05) is 18.2 Å². The van der Waals surface area contributed by atoms with Gasteiger partial charge in [-0.05, 0) is 55.8 Å². The van der Waals surface area contributed by atoms with Crippen LogP contribution in [-0.4, -0.2) is 48.6 Å². The van der Waals surface area contributed by atoms with E-state index in [4.69, 9.17) is 9.72 Å². The van der Waals surface area contributed by atoms with Gasteiger partial charge in [0.2, 0.25) is 0 Å². The topological polar surface area (TPSA) is 45.7 Å². The Balaban J connectivity index is 1.43. The van der Waals surface area contributed by atoms with Crippen molar-refractivity contribution in [1.82, 2.24) is 9.88 Å². The molecule has 2 heterocycles. The molecule has 1 aromatic heterocycles. The summed E-state index contributed by atoms with van der Waals surface area (Å²) in [5, 5.41) is 1.19. The average molecular weight is 375 g/mol. The van der Waals surface area contributed by atoms with Crippen molar-refractivity contribution in [3.63, 3.8) is 0 Å².